The Morgan fingerprint density at radius 3 is 2.43 bits per heavy atom. The summed E-state index contributed by atoms with van der Waals surface area (Å²) in [6.07, 6.45) is 10.6. The van der Waals surface area contributed by atoms with E-state index in [0.29, 0.717) is 0 Å². The second-order valence-electron chi connectivity index (χ2n) is 5.81. The fraction of sp³-hybridized carbons (Fsp3) is 0.812. The van der Waals surface area contributed by atoms with Gasteiger partial charge in [-0.3, -0.25) is 16.0 Å². The van der Waals surface area contributed by atoms with Crippen LogP contribution in [-0.4, -0.2) is 15.8 Å². The summed E-state index contributed by atoms with van der Waals surface area (Å²) < 4.78 is 1.90. The van der Waals surface area contributed by atoms with Gasteiger partial charge in [0.05, 0.1) is 16.4 Å². The van der Waals surface area contributed by atoms with Gasteiger partial charge in [-0.2, -0.15) is 5.10 Å². The van der Waals surface area contributed by atoms with Crippen LogP contribution in [0, 0.1) is 0 Å². The van der Waals surface area contributed by atoms with E-state index in [-0.39, 0.29) is 6.04 Å². The first-order valence-electron chi connectivity index (χ1n) is 8.30. The second-order valence-corrected chi connectivity index (χ2v) is 6.19. The number of nitrogens with two attached hydrogens (primary N) is 1. The SMILES string of the molecule is CCCCCCCCC(Cc1c(Cl)c(CC)nn1C)NN. The molecule has 0 spiro atoms. The number of nitrogens with one attached hydrogen (secondary N) is 1. The summed E-state index contributed by atoms with van der Waals surface area (Å²) in [5.41, 5.74) is 5.00. The van der Waals surface area contributed by atoms with Crippen molar-refractivity contribution in [3.8, 4) is 0 Å². The first-order chi connectivity index (χ1) is 10.1. The maximum atomic E-state index is 6.40. The van der Waals surface area contributed by atoms with Gasteiger partial charge < -0.3 is 0 Å². The number of aryl methyl sites for hydroxylation is 2. The van der Waals surface area contributed by atoms with E-state index >= 15 is 0 Å². The highest BCUT2D eigenvalue weighted by atomic mass is 35.5. The smallest absolute Gasteiger partial charge is 0.0850 e. The molecule has 0 aliphatic rings. The number of rotatable bonds is 11. The molecule has 1 heterocycles. The van der Waals surface area contributed by atoms with Crippen molar-refractivity contribution in [2.45, 2.75) is 77.7 Å². The number of hydrogen-bond donors (Lipinski definition) is 2. The fourth-order valence-corrected chi connectivity index (χ4v) is 3.06. The molecule has 1 aromatic rings. The van der Waals surface area contributed by atoms with E-state index in [1.807, 2.05) is 11.7 Å². The van der Waals surface area contributed by atoms with E-state index in [1.165, 1.54) is 38.5 Å². The van der Waals surface area contributed by atoms with Crippen LogP contribution in [0.4, 0.5) is 0 Å². The van der Waals surface area contributed by atoms with E-state index < -0.39 is 0 Å². The zero-order valence-electron chi connectivity index (χ0n) is 13.8. The number of hydrazine groups is 1. The van der Waals surface area contributed by atoms with Crippen molar-refractivity contribution in [1.82, 2.24) is 15.2 Å². The third-order valence-corrected chi connectivity index (χ3v) is 4.52. The lowest BCUT2D eigenvalue weighted by Gasteiger charge is -2.16. The maximum Gasteiger partial charge on any atom is 0.0850 e. The lowest BCUT2D eigenvalue weighted by molar-refractivity contribution is 0.450. The van der Waals surface area contributed by atoms with Gasteiger partial charge in [0, 0.05) is 19.5 Å². The molecule has 4 nitrogen and oxygen atoms in total. The number of unbranched alkanes of at least 4 members (excludes halogenated alkanes) is 5. The molecule has 5 heteroatoms. The molecule has 0 aliphatic heterocycles. The molecule has 0 saturated heterocycles. The molecule has 0 bridgehead atoms. The van der Waals surface area contributed by atoms with Crippen LogP contribution in [0.15, 0.2) is 0 Å². The number of aromatic nitrogens is 2. The molecule has 3 N–H and O–H groups in total. The number of hydrogen-bond acceptors (Lipinski definition) is 3. The minimum Gasteiger partial charge on any atom is -0.271 e. The number of halogens is 1. The summed E-state index contributed by atoms with van der Waals surface area (Å²) in [4.78, 5) is 0. The standard InChI is InChI=1S/C16H31ClN4/c1-4-6-7-8-9-10-11-13(19-18)12-15-16(17)14(5-2)20-21(15)3/h13,19H,4-12,18H2,1-3H3. The Bertz CT molecular complexity index is 403. The molecule has 0 aliphatic carbocycles. The molecule has 0 radical (unpaired) electrons. The van der Waals surface area contributed by atoms with Gasteiger partial charge in [-0.15, -0.1) is 0 Å². The average molecular weight is 315 g/mol. The normalized spacial score (nSPS) is 12.8. The lowest BCUT2D eigenvalue weighted by atomic mass is 10.0. The third kappa shape index (κ3) is 5.97. The summed E-state index contributed by atoms with van der Waals surface area (Å²) in [5.74, 6) is 5.70. The molecule has 122 valence electrons. The summed E-state index contributed by atoms with van der Waals surface area (Å²) in [5, 5.41) is 5.27. The van der Waals surface area contributed by atoms with Gasteiger partial charge >= 0.3 is 0 Å². The van der Waals surface area contributed by atoms with Gasteiger partial charge in [-0.25, -0.2) is 0 Å². The van der Waals surface area contributed by atoms with Crippen LogP contribution in [0.2, 0.25) is 5.02 Å². The highest BCUT2D eigenvalue weighted by molar-refractivity contribution is 6.31. The van der Waals surface area contributed by atoms with Crippen LogP contribution in [0.5, 0.6) is 0 Å². The molecule has 1 rings (SSSR count). The monoisotopic (exact) mass is 314 g/mol. The Morgan fingerprint density at radius 1 is 1.19 bits per heavy atom. The van der Waals surface area contributed by atoms with Gasteiger partial charge in [0.15, 0.2) is 0 Å². The summed E-state index contributed by atoms with van der Waals surface area (Å²) in [7, 11) is 1.96. The maximum absolute atomic E-state index is 6.40. The van der Waals surface area contributed by atoms with E-state index in [2.05, 4.69) is 24.4 Å². The van der Waals surface area contributed by atoms with Gasteiger partial charge in [0.1, 0.15) is 0 Å². The molecule has 1 atom stereocenters. The van der Waals surface area contributed by atoms with E-state index in [9.17, 15) is 0 Å². The first kappa shape index (κ1) is 18.5. The first-order valence-corrected chi connectivity index (χ1v) is 8.68. The zero-order chi connectivity index (χ0) is 15.7. The van der Waals surface area contributed by atoms with Crippen molar-refractivity contribution in [1.29, 1.82) is 0 Å². The van der Waals surface area contributed by atoms with E-state index in [0.717, 1.165) is 35.7 Å². The Hall–Kier alpha value is -0.580. The molecule has 21 heavy (non-hydrogen) atoms. The van der Waals surface area contributed by atoms with Crippen molar-refractivity contribution in [3.05, 3.63) is 16.4 Å². The number of nitrogens with zero attached hydrogens (tertiary/aromatic N) is 2. The van der Waals surface area contributed by atoms with E-state index in [4.69, 9.17) is 17.4 Å². The Kier molecular flexibility index (Phi) is 8.97. The van der Waals surface area contributed by atoms with Crippen molar-refractivity contribution < 1.29 is 0 Å². The van der Waals surface area contributed by atoms with Crippen molar-refractivity contribution in [2.75, 3.05) is 0 Å². The quantitative estimate of drug-likeness (QED) is 0.371. The van der Waals surface area contributed by atoms with Crippen molar-refractivity contribution in [2.24, 2.45) is 12.9 Å². The predicted octanol–water partition coefficient (Wildman–Crippen LogP) is 3.76. The molecule has 1 aromatic heterocycles. The molecule has 1 unspecified atom stereocenters. The van der Waals surface area contributed by atoms with Crippen LogP contribution >= 0.6 is 11.6 Å². The van der Waals surface area contributed by atoms with Crippen LogP contribution in [-0.2, 0) is 19.9 Å². The average Bonchev–Trinajstić information content (AvgIpc) is 2.76. The summed E-state index contributed by atoms with van der Waals surface area (Å²) >= 11 is 6.40. The molecular weight excluding hydrogens is 284 g/mol. The molecular formula is C16H31ClN4. The molecule has 0 amide bonds. The van der Waals surface area contributed by atoms with Crippen LogP contribution in [0.1, 0.15) is 70.2 Å². The largest absolute Gasteiger partial charge is 0.271 e. The van der Waals surface area contributed by atoms with Gasteiger partial charge in [-0.05, 0) is 12.8 Å². The predicted molar refractivity (Wildman–Crippen MR) is 90.4 cm³/mol. The van der Waals surface area contributed by atoms with Gasteiger partial charge in [0.25, 0.3) is 0 Å². The summed E-state index contributed by atoms with van der Waals surface area (Å²) in [6, 6.07) is 0.272. The minimum atomic E-state index is 0.272. The fourth-order valence-electron chi connectivity index (χ4n) is 2.69. The molecule has 0 aromatic carbocycles. The molecule has 0 fully saturated rings. The van der Waals surface area contributed by atoms with Crippen molar-refractivity contribution >= 4 is 11.6 Å². The lowest BCUT2D eigenvalue weighted by Crippen LogP contribution is -2.37. The zero-order valence-corrected chi connectivity index (χ0v) is 14.5. The minimum absolute atomic E-state index is 0.272. The highest BCUT2D eigenvalue weighted by Crippen LogP contribution is 2.23. The third-order valence-electron chi connectivity index (χ3n) is 4.08. The Morgan fingerprint density at radius 2 is 1.86 bits per heavy atom. The topological polar surface area (TPSA) is 55.9 Å². The summed E-state index contributed by atoms with van der Waals surface area (Å²) in [6.45, 7) is 4.32. The molecule has 0 saturated carbocycles. The highest BCUT2D eigenvalue weighted by Gasteiger charge is 2.17. The van der Waals surface area contributed by atoms with Gasteiger partial charge in [-0.1, -0.05) is 64.0 Å². The van der Waals surface area contributed by atoms with E-state index in [1.54, 1.807) is 0 Å². The van der Waals surface area contributed by atoms with Crippen LogP contribution < -0.4 is 11.3 Å². The van der Waals surface area contributed by atoms with Crippen LogP contribution in [0.3, 0.4) is 0 Å². The second kappa shape index (κ2) is 10.2. The Labute approximate surface area is 134 Å². The van der Waals surface area contributed by atoms with Crippen molar-refractivity contribution in [3.63, 3.8) is 0 Å². The van der Waals surface area contributed by atoms with Crippen LogP contribution in [0.25, 0.3) is 0 Å². The van der Waals surface area contributed by atoms with Gasteiger partial charge in [0.2, 0.25) is 0 Å². The Balaban J connectivity index is 2.42.